The van der Waals surface area contributed by atoms with Gasteiger partial charge in [0.25, 0.3) is 5.95 Å². The number of furan rings is 1. The molecular formula is C24H30NO6+. The van der Waals surface area contributed by atoms with E-state index in [1.54, 1.807) is 24.4 Å². The Morgan fingerprint density at radius 2 is 2.19 bits per heavy atom. The molecule has 1 aromatic rings. The van der Waals surface area contributed by atoms with Crippen molar-refractivity contribution < 1.29 is 33.7 Å². The summed E-state index contributed by atoms with van der Waals surface area (Å²) in [4.78, 5) is 12.4. The van der Waals surface area contributed by atoms with E-state index in [1.165, 1.54) is 11.0 Å². The third-order valence-electron chi connectivity index (χ3n) is 8.62. The number of hydrogen-bond donors (Lipinski definition) is 2. The highest BCUT2D eigenvalue weighted by Gasteiger charge is 2.81. The van der Waals surface area contributed by atoms with E-state index in [0.717, 1.165) is 24.8 Å². The summed E-state index contributed by atoms with van der Waals surface area (Å²) in [5.41, 5.74) is 0.146. The molecule has 2 fully saturated rings. The Kier molecular flexibility index (Phi) is 4.42. The molecule has 0 saturated heterocycles. The van der Waals surface area contributed by atoms with Gasteiger partial charge in [0.2, 0.25) is 11.8 Å². The smallest absolute Gasteiger partial charge is 0.337 e. The lowest BCUT2D eigenvalue weighted by molar-refractivity contribution is -0.873. The van der Waals surface area contributed by atoms with Crippen LogP contribution in [0.4, 0.5) is 0 Å². The predicted molar refractivity (Wildman–Crippen MR) is 111 cm³/mol. The molecule has 0 amide bonds. The largest absolute Gasteiger partial charge is 0.458 e. The monoisotopic (exact) mass is 428 g/mol. The summed E-state index contributed by atoms with van der Waals surface area (Å²) in [6.45, 7) is 8.86. The Morgan fingerprint density at radius 3 is 2.84 bits per heavy atom. The highest BCUT2D eigenvalue weighted by atomic mass is 16.6. The van der Waals surface area contributed by atoms with Crippen LogP contribution in [0.1, 0.15) is 46.0 Å². The maximum atomic E-state index is 12.4. The first-order chi connectivity index (χ1) is 14.7. The lowest BCUT2D eigenvalue weighted by Gasteiger charge is -2.64. The first kappa shape index (κ1) is 20.4. The average molecular weight is 429 g/mol. The Bertz CT molecular complexity index is 980. The van der Waals surface area contributed by atoms with Crippen molar-refractivity contribution in [3.8, 4) is 5.95 Å². The zero-order chi connectivity index (χ0) is 22.0. The molecule has 7 nitrogen and oxygen atoms in total. The van der Waals surface area contributed by atoms with Gasteiger partial charge in [-0.3, -0.25) is 5.21 Å². The fourth-order valence-corrected chi connectivity index (χ4v) is 6.92. The quantitative estimate of drug-likeness (QED) is 0.324. The Morgan fingerprint density at radius 1 is 1.39 bits per heavy atom. The Labute approximate surface area is 181 Å². The Balaban J connectivity index is 1.52. The molecule has 2 N–H and O–H groups in total. The first-order valence-electron chi connectivity index (χ1n) is 11.0. The van der Waals surface area contributed by atoms with Gasteiger partial charge in [-0.05, 0) is 55.4 Å². The molecule has 7 heteroatoms. The molecule has 0 bridgehead atoms. The van der Waals surface area contributed by atoms with Crippen LogP contribution in [-0.4, -0.2) is 51.6 Å². The number of aliphatic hydroxyl groups excluding tert-OH is 1. The number of carbonyl (C=O) groups excluding carboxylic acids is 1. The molecule has 3 heterocycles. The molecule has 2 aliphatic carbocycles. The van der Waals surface area contributed by atoms with Gasteiger partial charge in [0.1, 0.15) is 18.1 Å². The van der Waals surface area contributed by atoms with Crippen molar-refractivity contribution in [3.63, 3.8) is 0 Å². The highest BCUT2D eigenvalue weighted by Crippen LogP contribution is 2.67. The minimum absolute atomic E-state index is 0.0225. The molecule has 0 radical (unpaired) electrons. The fourth-order valence-electron chi connectivity index (χ4n) is 6.92. The van der Waals surface area contributed by atoms with Crippen LogP contribution in [0.25, 0.3) is 0 Å². The molecular weight excluding hydrogens is 398 g/mol. The van der Waals surface area contributed by atoms with Crippen molar-refractivity contribution in [1.82, 2.24) is 0 Å². The van der Waals surface area contributed by atoms with Gasteiger partial charge >= 0.3 is 5.97 Å². The number of hydroxylamine groups is 1. The number of carbonyl (C=O) groups is 1. The lowest BCUT2D eigenvalue weighted by Crippen LogP contribution is -2.80. The van der Waals surface area contributed by atoms with Gasteiger partial charge < -0.3 is 19.0 Å². The van der Waals surface area contributed by atoms with E-state index in [-0.39, 0.29) is 23.9 Å². The number of allylic oxidation sites excluding steroid dienone is 1. The van der Waals surface area contributed by atoms with Crippen molar-refractivity contribution in [2.45, 2.75) is 63.7 Å². The number of cyclic esters (lactones) is 1. The van der Waals surface area contributed by atoms with Crippen LogP contribution >= 0.6 is 0 Å². The van der Waals surface area contributed by atoms with Crippen molar-refractivity contribution in [2.24, 2.45) is 16.7 Å². The van der Waals surface area contributed by atoms with Gasteiger partial charge in [-0.2, -0.15) is 0 Å². The maximum Gasteiger partial charge on any atom is 0.337 e. The Hall–Kier alpha value is -2.54. The predicted octanol–water partition coefficient (Wildman–Crippen LogP) is 3.26. The molecule has 4 aliphatic rings. The minimum Gasteiger partial charge on any atom is -0.458 e. The van der Waals surface area contributed by atoms with E-state index in [9.17, 15) is 15.1 Å². The van der Waals surface area contributed by atoms with Crippen LogP contribution in [0.3, 0.4) is 0 Å². The summed E-state index contributed by atoms with van der Waals surface area (Å²) in [5, 5.41) is 21.7. The van der Waals surface area contributed by atoms with Crippen molar-refractivity contribution in [1.29, 1.82) is 0 Å². The summed E-state index contributed by atoms with van der Waals surface area (Å²) < 4.78 is 18.0. The molecule has 31 heavy (non-hydrogen) atoms. The third-order valence-corrected chi connectivity index (χ3v) is 8.62. The standard InChI is InChI=1S/C24H30NO6/c1-15-6-10-24-22(2,9-7-19(26)23(24,3)14-25(24)28)17(15)13-18(16-8-12-30-21(16)27)31-20-5-4-11-29-20/h4-5,8,11,14,17-19,26,28H,1,6-7,9-10,12-13H2,2-3H3/q+1/t17-,18?,19-,22+,23-,24-/m1/s1. The van der Waals surface area contributed by atoms with Crippen LogP contribution in [-0.2, 0) is 9.53 Å². The number of esters is 1. The number of rotatable bonds is 5. The van der Waals surface area contributed by atoms with E-state index in [1.807, 2.05) is 6.92 Å². The normalized spacial score (nSPS) is 40.1. The van der Waals surface area contributed by atoms with Crippen molar-refractivity contribution in [2.75, 3.05) is 6.61 Å². The van der Waals surface area contributed by atoms with Crippen LogP contribution in [0, 0.1) is 16.7 Å². The van der Waals surface area contributed by atoms with Crippen LogP contribution in [0.15, 0.2) is 46.6 Å². The summed E-state index contributed by atoms with van der Waals surface area (Å²) in [5.74, 6) is -0.0512. The second-order valence-electron chi connectivity index (χ2n) is 9.83. The van der Waals surface area contributed by atoms with E-state index in [4.69, 9.17) is 13.9 Å². The van der Waals surface area contributed by atoms with Gasteiger partial charge in [-0.25, -0.2) is 4.79 Å². The molecule has 166 valence electrons. The maximum absolute atomic E-state index is 12.4. The molecule has 6 atom stereocenters. The fraction of sp³-hybridized carbons (Fsp3) is 0.583. The summed E-state index contributed by atoms with van der Waals surface area (Å²) in [7, 11) is 0. The van der Waals surface area contributed by atoms with E-state index >= 15 is 0 Å². The molecule has 1 unspecified atom stereocenters. The topological polar surface area (TPSA) is 92.1 Å². The van der Waals surface area contributed by atoms with E-state index in [2.05, 4.69) is 13.5 Å². The van der Waals surface area contributed by atoms with Gasteiger partial charge in [-0.1, -0.05) is 19.1 Å². The van der Waals surface area contributed by atoms with Crippen LogP contribution in [0.2, 0.25) is 0 Å². The number of aliphatic hydroxyl groups is 1. The van der Waals surface area contributed by atoms with E-state index in [0.29, 0.717) is 24.4 Å². The lowest BCUT2D eigenvalue weighted by atomic mass is 9.39. The molecule has 2 aliphatic heterocycles. The SMILES string of the molecule is C=C1CC[C@]23[N+](O)=C[C@]2(C)[C@H](O)CC[C@@]3(C)[C@@H]1CC(Oc1ccco1)C1=CCOC1=O. The summed E-state index contributed by atoms with van der Waals surface area (Å²) >= 11 is 0. The molecule has 1 aromatic heterocycles. The molecule has 0 aromatic carbocycles. The summed E-state index contributed by atoms with van der Waals surface area (Å²) in [6, 6.07) is 3.46. The first-order valence-corrected chi connectivity index (χ1v) is 11.0. The molecule has 5 rings (SSSR count). The second kappa shape index (κ2) is 6.73. The van der Waals surface area contributed by atoms with Gasteiger partial charge in [0, 0.05) is 17.9 Å². The van der Waals surface area contributed by atoms with E-state index < -0.39 is 23.2 Å². The average Bonchev–Trinajstić information content (AvgIpc) is 3.39. The highest BCUT2D eigenvalue weighted by molar-refractivity contribution is 5.91. The van der Waals surface area contributed by atoms with Gasteiger partial charge in [0.15, 0.2) is 0 Å². The van der Waals surface area contributed by atoms with Crippen molar-refractivity contribution in [3.05, 3.63) is 42.2 Å². The van der Waals surface area contributed by atoms with Gasteiger partial charge in [0.05, 0.1) is 17.9 Å². The molecule has 2 saturated carbocycles. The van der Waals surface area contributed by atoms with Crippen LogP contribution < -0.4 is 4.74 Å². The number of ether oxygens (including phenoxy) is 2. The number of nitrogens with zero attached hydrogens (tertiary/aromatic N) is 1. The zero-order valence-electron chi connectivity index (χ0n) is 18.0. The van der Waals surface area contributed by atoms with Crippen molar-refractivity contribution >= 4 is 12.2 Å². The van der Waals surface area contributed by atoms with Gasteiger partial charge in [-0.15, -0.1) is 0 Å². The minimum atomic E-state index is -0.580. The third kappa shape index (κ3) is 2.56. The zero-order valence-corrected chi connectivity index (χ0v) is 18.0. The second-order valence-corrected chi connectivity index (χ2v) is 9.83. The number of hydrogen-bond acceptors (Lipinski definition) is 6. The van der Waals surface area contributed by atoms with Crippen LogP contribution in [0.5, 0.6) is 5.95 Å². The summed E-state index contributed by atoms with van der Waals surface area (Å²) in [6.07, 6.45) is 7.38. The molecule has 1 spiro atoms.